The number of nitrogens with one attached hydrogen (secondary N) is 2. The fraction of sp³-hybridized carbons (Fsp3) is 0.485. The molecule has 1 aromatic carbocycles. The van der Waals surface area contributed by atoms with Gasteiger partial charge in [-0.25, -0.2) is 15.0 Å². The number of hydrogen-bond donors (Lipinski definition) is 2. The lowest BCUT2D eigenvalue weighted by atomic mass is 10.0. The number of likely N-dealkylation sites (N-methyl/N-ethyl adjacent to an activating group) is 1. The monoisotopic (exact) mass is 632 g/mol. The van der Waals surface area contributed by atoms with Gasteiger partial charge in [-0.15, -0.1) is 0 Å². The summed E-state index contributed by atoms with van der Waals surface area (Å²) in [5, 5.41) is 6.85. The van der Waals surface area contributed by atoms with Gasteiger partial charge in [-0.05, 0) is 71.0 Å². The Morgan fingerprint density at radius 3 is 2.67 bits per heavy atom. The van der Waals surface area contributed by atoms with Crippen molar-refractivity contribution in [2.45, 2.75) is 63.8 Å². The third-order valence-electron chi connectivity index (χ3n) is 9.14. The predicted octanol–water partition coefficient (Wildman–Crippen LogP) is 4.14. The average Bonchev–Trinajstić information content (AvgIpc) is 3.67. The summed E-state index contributed by atoms with van der Waals surface area (Å²) in [6, 6.07) is 11.3. The Labute approximate surface area is 269 Å². The van der Waals surface area contributed by atoms with Crippen LogP contribution in [0, 0.1) is 0 Å². The maximum atomic E-state index is 13.6. The molecule has 5 heterocycles. The molecule has 2 aromatic heterocycles. The van der Waals surface area contributed by atoms with Gasteiger partial charge in [0, 0.05) is 56.1 Å². The molecule has 45 heavy (non-hydrogen) atoms. The van der Waals surface area contributed by atoms with Gasteiger partial charge in [0.2, 0.25) is 11.9 Å². The molecule has 0 bridgehead atoms. The maximum Gasteiger partial charge on any atom is 0.255 e. The number of nitrogens with zero attached hydrogens (tertiary/aromatic N) is 6. The zero-order valence-corrected chi connectivity index (χ0v) is 27.0. The van der Waals surface area contributed by atoms with Crippen LogP contribution in [0.25, 0.3) is 11.3 Å². The highest BCUT2D eigenvalue weighted by molar-refractivity contribution is 6.33. The molecule has 0 radical (unpaired) electrons. The van der Waals surface area contributed by atoms with Crippen molar-refractivity contribution in [2.24, 2.45) is 0 Å². The molecule has 2 saturated heterocycles. The largest absolute Gasteiger partial charge is 0.381 e. The van der Waals surface area contributed by atoms with E-state index in [4.69, 9.17) is 21.3 Å². The zero-order chi connectivity index (χ0) is 31.7. The number of hydrogen-bond acceptors (Lipinski definition) is 9. The summed E-state index contributed by atoms with van der Waals surface area (Å²) < 4.78 is 5.44. The summed E-state index contributed by atoms with van der Waals surface area (Å²) in [5.41, 5.74) is 3.46. The predicted molar refractivity (Wildman–Crippen MR) is 174 cm³/mol. The van der Waals surface area contributed by atoms with Gasteiger partial charge in [-0.1, -0.05) is 29.8 Å². The van der Waals surface area contributed by atoms with Crippen LogP contribution in [0.4, 0.5) is 11.8 Å². The molecule has 2 N–H and O–H groups in total. The minimum absolute atomic E-state index is 0.197. The highest BCUT2D eigenvalue weighted by atomic mass is 35.5. The summed E-state index contributed by atoms with van der Waals surface area (Å²) in [5.74, 6) is 0.986. The fourth-order valence-electron chi connectivity index (χ4n) is 6.22. The third kappa shape index (κ3) is 6.75. The number of carbonyl (C=O) groups is 2. The fourth-order valence-corrected chi connectivity index (χ4v) is 6.43. The quantitative estimate of drug-likeness (QED) is 0.359. The van der Waals surface area contributed by atoms with E-state index in [9.17, 15) is 9.59 Å². The van der Waals surface area contributed by atoms with Gasteiger partial charge in [-0.3, -0.25) is 9.59 Å². The van der Waals surface area contributed by atoms with Crippen LogP contribution < -0.4 is 15.5 Å². The molecule has 12 heteroatoms. The Morgan fingerprint density at radius 2 is 1.91 bits per heavy atom. The van der Waals surface area contributed by atoms with Gasteiger partial charge >= 0.3 is 0 Å². The molecule has 6 rings (SSSR count). The Balaban J connectivity index is 1.11. The highest BCUT2D eigenvalue weighted by Gasteiger charge is 2.35. The molecular weight excluding hydrogens is 592 g/mol. The van der Waals surface area contributed by atoms with Gasteiger partial charge in [-0.2, -0.15) is 0 Å². The van der Waals surface area contributed by atoms with E-state index in [1.54, 1.807) is 18.0 Å². The number of amides is 2. The number of carbonyl (C=O) groups excluding carboxylic acids is 2. The van der Waals surface area contributed by atoms with E-state index in [1.165, 1.54) is 0 Å². The van der Waals surface area contributed by atoms with Crippen molar-refractivity contribution < 1.29 is 14.3 Å². The average molecular weight is 633 g/mol. The van der Waals surface area contributed by atoms with Crippen molar-refractivity contribution in [3.05, 3.63) is 64.4 Å². The van der Waals surface area contributed by atoms with Gasteiger partial charge in [0.1, 0.15) is 11.9 Å². The van der Waals surface area contributed by atoms with Crippen molar-refractivity contribution in [3.63, 3.8) is 0 Å². The van der Waals surface area contributed by atoms with Crippen LogP contribution in [0.5, 0.6) is 0 Å². The van der Waals surface area contributed by atoms with Crippen molar-refractivity contribution in [2.75, 3.05) is 50.6 Å². The lowest BCUT2D eigenvalue weighted by molar-refractivity contribution is -0.125. The highest BCUT2D eigenvalue weighted by Crippen LogP contribution is 2.33. The van der Waals surface area contributed by atoms with E-state index < -0.39 is 6.04 Å². The van der Waals surface area contributed by atoms with Crippen LogP contribution in [-0.2, 0) is 16.1 Å². The number of rotatable bonds is 9. The number of aromatic nitrogens is 3. The van der Waals surface area contributed by atoms with E-state index in [0.29, 0.717) is 48.0 Å². The normalized spacial score (nSPS) is 20.0. The van der Waals surface area contributed by atoms with Crippen LogP contribution in [-0.4, -0.2) is 95.1 Å². The number of halogens is 1. The molecule has 3 aromatic rings. The van der Waals surface area contributed by atoms with Gasteiger partial charge in [0.15, 0.2) is 0 Å². The number of fused-ring (bicyclic) bond motifs is 1. The molecule has 2 fully saturated rings. The Morgan fingerprint density at radius 1 is 1.11 bits per heavy atom. The van der Waals surface area contributed by atoms with Crippen LogP contribution in [0.1, 0.15) is 60.8 Å². The zero-order valence-electron chi connectivity index (χ0n) is 26.3. The smallest absolute Gasteiger partial charge is 0.255 e. The first-order chi connectivity index (χ1) is 21.7. The maximum absolute atomic E-state index is 13.6. The van der Waals surface area contributed by atoms with Crippen LogP contribution >= 0.6 is 11.6 Å². The standard InChI is InChI=1S/C33H41ClN8O3/c1-20(28-6-5-7-29(38-28)41-13-10-25(19-41)40(3)4)36-31(43)21(2)42-18-23-9-8-22(16-26(23)32(42)44)30-27(34)17-35-33(39-30)37-24-11-14-45-15-12-24/h5-9,16-17,20-21,24-25H,10-15,18-19H2,1-4H3,(H,36,43)(H,35,37,39)/t20-,21-,25+/m1/s1. The molecule has 0 saturated carbocycles. The van der Waals surface area contributed by atoms with Crippen LogP contribution in [0.2, 0.25) is 5.02 Å². The minimum Gasteiger partial charge on any atom is -0.381 e. The molecule has 238 valence electrons. The van der Waals surface area contributed by atoms with Gasteiger partial charge in [0.25, 0.3) is 5.91 Å². The SMILES string of the molecule is C[C@H](C(=O)N[C@H](C)c1cccc(N2CC[C@H](N(C)C)C2)n1)N1Cc2ccc(-c3nc(NC4CCOCC4)ncc3Cl)cc2C1=O. The number of pyridine rings is 1. The molecule has 2 amide bonds. The van der Waals surface area contributed by atoms with Crippen molar-refractivity contribution in [1.29, 1.82) is 0 Å². The van der Waals surface area contributed by atoms with Crippen molar-refractivity contribution in [1.82, 2.24) is 30.1 Å². The van der Waals surface area contributed by atoms with E-state index in [2.05, 4.69) is 44.5 Å². The Hall–Kier alpha value is -3.80. The second kappa shape index (κ2) is 13.3. The van der Waals surface area contributed by atoms with Crippen LogP contribution in [0.3, 0.4) is 0 Å². The van der Waals surface area contributed by atoms with Gasteiger partial charge in [0.05, 0.1) is 28.6 Å². The lowest BCUT2D eigenvalue weighted by Crippen LogP contribution is -2.46. The third-order valence-corrected chi connectivity index (χ3v) is 9.41. The molecule has 11 nitrogen and oxygen atoms in total. The molecule has 0 unspecified atom stereocenters. The van der Waals surface area contributed by atoms with E-state index in [1.807, 2.05) is 43.3 Å². The molecule has 0 aliphatic carbocycles. The Kier molecular flexibility index (Phi) is 9.21. The van der Waals surface area contributed by atoms with Crippen molar-refractivity contribution >= 4 is 35.2 Å². The van der Waals surface area contributed by atoms with Gasteiger partial charge < -0.3 is 30.1 Å². The summed E-state index contributed by atoms with van der Waals surface area (Å²) >= 11 is 6.52. The first-order valence-electron chi connectivity index (χ1n) is 15.7. The number of anilines is 2. The summed E-state index contributed by atoms with van der Waals surface area (Å²) in [4.78, 5) is 47.1. The molecule has 3 aliphatic heterocycles. The van der Waals surface area contributed by atoms with E-state index >= 15 is 0 Å². The number of ether oxygens (including phenoxy) is 1. The lowest BCUT2D eigenvalue weighted by Gasteiger charge is -2.26. The topological polar surface area (TPSA) is 116 Å². The minimum atomic E-state index is -0.670. The summed E-state index contributed by atoms with van der Waals surface area (Å²) in [7, 11) is 4.21. The van der Waals surface area contributed by atoms with Crippen LogP contribution in [0.15, 0.2) is 42.6 Å². The van der Waals surface area contributed by atoms with E-state index in [0.717, 1.165) is 55.0 Å². The second-order valence-corrected chi connectivity index (χ2v) is 12.8. The first kappa shape index (κ1) is 31.2. The molecule has 3 atom stereocenters. The first-order valence-corrected chi connectivity index (χ1v) is 16.1. The molecular formula is C33H41ClN8O3. The summed E-state index contributed by atoms with van der Waals surface area (Å²) in [6.07, 6.45) is 4.44. The Bertz CT molecular complexity index is 1560. The second-order valence-electron chi connectivity index (χ2n) is 12.4. The molecule has 3 aliphatic rings. The number of benzene rings is 1. The molecule has 0 spiro atoms. The van der Waals surface area contributed by atoms with Crippen molar-refractivity contribution in [3.8, 4) is 11.3 Å². The van der Waals surface area contributed by atoms with E-state index in [-0.39, 0.29) is 23.9 Å². The summed E-state index contributed by atoms with van der Waals surface area (Å²) in [6.45, 7) is 7.33.